The van der Waals surface area contributed by atoms with Crippen molar-refractivity contribution in [3.05, 3.63) is 52.7 Å². The summed E-state index contributed by atoms with van der Waals surface area (Å²) >= 11 is 6.06. The molecular weight excluding hydrogens is 288 g/mol. The maximum Gasteiger partial charge on any atom is 0.213 e. The number of hydrogen-bond donors (Lipinski definition) is 1. The van der Waals surface area contributed by atoms with E-state index in [-0.39, 0.29) is 6.04 Å². The molecule has 0 aliphatic carbocycles. The second-order valence-electron chi connectivity index (χ2n) is 4.65. The van der Waals surface area contributed by atoms with E-state index in [9.17, 15) is 0 Å². The Kier molecular flexibility index (Phi) is 5.42. The van der Waals surface area contributed by atoms with Gasteiger partial charge in [-0.3, -0.25) is 0 Å². The summed E-state index contributed by atoms with van der Waals surface area (Å²) in [5.41, 5.74) is 1.83. The molecule has 0 amide bonds. The molecule has 1 aromatic heterocycles. The Balaban J connectivity index is 2.15. The lowest BCUT2D eigenvalue weighted by Crippen LogP contribution is -2.14. The summed E-state index contributed by atoms with van der Waals surface area (Å²) in [6.07, 6.45) is 0. The molecule has 112 valence electrons. The summed E-state index contributed by atoms with van der Waals surface area (Å²) in [4.78, 5) is 4.33. The van der Waals surface area contributed by atoms with Crippen LogP contribution < -0.4 is 14.8 Å². The Morgan fingerprint density at radius 2 is 2.10 bits per heavy atom. The van der Waals surface area contributed by atoms with Crippen molar-refractivity contribution in [3.63, 3.8) is 0 Å². The van der Waals surface area contributed by atoms with Crippen molar-refractivity contribution in [1.29, 1.82) is 0 Å². The monoisotopic (exact) mass is 306 g/mol. The summed E-state index contributed by atoms with van der Waals surface area (Å²) in [6.45, 7) is 2.44. The fraction of sp³-hybridized carbons (Fsp3) is 0.312. The molecule has 2 rings (SSSR count). The highest BCUT2D eigenvalue weighted by Gasteiger charge is 2.11. The van der Waals surface area contributed by atoms with Gasteiger partial charge in [0.1, 0.15) is 12.4 Å². The lowest BCUT2D eigenvalue weighted by Gasteiger charge is -2.17. The third-order valence-electron chi connectivity index (χ3n) is 3.24. The van der Waals surface area contributed by atoms with Crippen LogP contribution in [-0.2, 0) is 6.61 Å². The van der Waals surface area contributed by atoms with Gasteiger partial charge in [0.25, 0.3) is 0 Å². The molecule has 5 heteroatoms. The predicted octanol–water partition coefficient (Wildman–Crippen LogP) is 3.60. The molecule has 1 N–H and O–H groups in total. The molecule has 0 fully saturated rings. The fourth-order valence-corrected chi connectivity index (χ4v) is 2.13. The highest BCUT2D eigenvalue weighted by Crippen LogP contribution is 2.28. The zero-order valence-electron chi connectivity index (χ0n) is 12.4. The second-order valence-corrected chi connectivity index (χ2v) is 5.09. The van der Waals surface area contributed by atoms with E-state index < -0.39 is 0 Å². The van der Waals surface area contributed by atoms with Crippen molar-refractivity contribution in [2.75, 3.05) is 14.2 Å². The number of ether oxygens (including phenoxy) is 2. The van der Waals surface area contributed by atoms with Crippen LogP contribution in [0.1, 0.15) is 24.2 Å². The molecular formula is C16H19ClN2O2. The Bertz CT molecular complexity index is 605. The molecule has 0 bridgehead atoms. The van der Waals surface area contributed by atoms with Gasteiger partial charge in [0, 0.05) is 22.7 Å². The summed E-state index contributed by atoms with van der Waals surface area (Å²) < 4.78 is 11.0. The molecule has 1 heterocycles. The van der Waals surface area contributed by atoms with E-state index in [0.29, 0.717) is 17.5 Å². The SMILES string of the molecule is CNC(C)c1cc(Cl)ccc1OCc1cccc(OC)n1. The second kappa shape index (κ2) is 7.29. The van der Waals surface area contributed by atoms with Crippen molar-refractivity contribution >= 4 is 11.6 Å². The zero-order chi connectivity index (χ0) is 15.2. The van der Waals surface area contributed by atoms with Crippen LogP contribution in [0.25, 0.3) is 0 Å². The largest absolute Gasteiger partial charge is 0.487 e. The highest BCUT2D eigenvalue weighted by atomic mass is 35.5. The minimum absolute atomic E-state index is 0.150. The van der Waals surface area contributed by atoms with Gasteiger partial charge in [0.2, 0.25) is 5.88 Å². The first-order valence-electron chi connectivity index (χ1n) is 6.73. The first-order valence-corrected chi connectivity index (χ1v) is 7.11. The molecule has 21 heavy (non-hydrogen) atoms. The first kappa shape index (κ1) is 15.6. The summed E-state index contributed by atoms with van der Waals surface area (Å²) in [5.74, 6) is 1.38. The van der Waals surface area contributed by atoms with Crippen molar-refractivity contribution in [3.8, 4) is 11.6 Å². The van der Waals surface area contributed by atoms with Crippen LogP contribution in [-0.4, -0.2) is 19.1 Å². The van der Waals surface area contributed by atoms with Gasteiger partial charge in [-0.2, -0.15) is 0 Å². The molecule has 0 saturated carbocycles. The van der Waals surface area contributed by atoms with Gasteiger partial charge in [0.05, 0.1) is 12.8 Å². The fourth-order valence-electron chi connectivity index (χ4n) is 1.95. The van der Waals surface area contributed by atoms with E-state index in [0.717, 1.165) is 17.0 Å². The van der Waals surface area contributed by atoms with Crippen molar-refractivity contribution < 1.29 is 9.47 Å². The number of aromatic nitrogens is 1. The molecule has 1 atom stereocenters. The number of nitrogens with zero attached hydrogens (tertiary/aromatic N) is 1. The quantitative estimate of drug-likeness (QED) is 0.885. The number of hydrogen-bond acceptors (Lipinski definition) is 4. The van der Waals surface area contributed by atoms with E-state index in [2.05, 4.69) is 17.2 Å². The van der Waals surface area contributed by atoms with Crippen molar-refractivity contribution in [1.82, 2.24) is 10.3 Å². The molecule has 0 aliphatic heterocycles. The molecule has 4 nitrogen and oxygen atoms in total. The number of rotatable bonds is 6. The smallest absolute Gasteiger partial charge is 0.213 e. The minimum Gasteiger partial charge on any atom is -0.487 e. The van der Waals surface area contributed by atoms with E-state index in [1.165, 1.54) is 0 Å². The Hall–Kier alpha value is -1.78. The Morgan fingerprint density at radius 3 is 2.81 bits per heavy atom. The van der Waals surface area contributed by atoms with Gasteiger partial charge >= 0.3 is 0 Å². The van der Waals surface area contributed by atoms with Crippen LogP contribution in [0.3, 0.4) is 0 Å². The normalized spacial score (nSPS) is 12.0. The van der Waals surface area contributed by atoms with Crippen molar-refractivity contribution in [2.45, 2.75) is 19.6 Å². The van der Waals surface area contributed by atoms with Crippen LogP contribution in [0.4, 0.5) is 0 Å². The third kappa shape index (κ3) is 4.09. The Morgan fingerprint density at radius 1 is 1.29 bits per heavy atom. The van der Waals surface area contributed by atoms with E-state index >= 15 is 0 Å². The maximum absolute atomic E-state index is 6.06. The summed E-state index contributed by atoms with van der Waals surface area (Å²) in [6, 6.07) is 11.4. The first-order chi connectivity index (χ1) is 10.1. The van der Waals surface area contributed by atoms with Crippen LogP contribution in [0.2, 0.25) is 5.02 Å². The van der Waals surface area contributed by atoms with Crippen LogP contribution in [0, 0.1) is 0 Å². The average Bonchev–Trinajstić information content (AvgIpc) is 2.53. The third-order valence-corrected chi connectivity index (χ3v) is 3.47. The van der Waals surface area contributed by atoms with Crippen molar-refractivity contribution in [2.24, 2.45) is 0 Å². The van der Waals surface area contributed by atoms with Crippen LogP contribution in [0.5, 0.6) is 11.6 Å². The minimum atomic E-state index is 0.150. The van der Waals surface area contributed by atoms with Crippen LogP contribution in [0.15, 0.2) is 36.4 Å². The van der Waals surface area contributed by atoms with Gasteiger partial charge in [-0.05, 0) is 38.2 Å². The molecule has 0 saturated heterocycles. The maximum atomic E-state index is 6.06. The lowest BCUT2D eigenvalue weighted by atomic mass is 10.1. The van der Waals surface area contributed by atoms with Gasteiger partial charge in [0.15, 0.2) is 0 Å². The number of nitrogens with one attached hydrogen (secondary N) is 1. The van der Waals surface area contributed by atoms with Gasteiger partial charge in [-0.1, -0.05) is 17.7 Å². The van der Waals surface area contributed by atoms with Gasteiger partial charge in [-0.25, -0.2) is 4.98 Å². The molecule has 0 radical (unpaired) electrons. The summed E-state index contributed by atoms with van der Waals surface area (Å²) in [7, 11) is 3.50. The van der Waals surface area contributed by atoms with Gasteiger partial charge in [-0.15, -0.1) is 0 Å². The Labute approximate surface area is 130 Å². The standard InChI is InChI=1S/C16H19ClN2O2/c1-11(18-2)14-9-12(17)7-8-15(14)21-10-13-5-4-6-16(19-13)20-3/h4-9,11,18H,10H2,1-3H3. The molecule has 0 spiro atoms. The average molecular weight is 307 g/mol. The topological polar surface area (TPSA) is 43.4 Å². The van der Waals surface area contributed by atoms with E-state index in [1.54, 1.807) is 13.2 Å². The molecule has 1 unspecified atom stereocenters. The summed E-state index contributed by atoms with van der Waals surface area (Å²) in [5, 5.41) is 3.88. The number of methoxy groups -OCH3 is 1. The lowest BCUT2D eigenvalue weighted by molar-refractivity contribution is 0.292. The van der Waals surface area contributed by atoms with Gasteiger partial charge < -0.3 is 14.8 Å². The number of halogens is 1. The molecule has 2 aromatic rings. The van der Waals surface area contributed by atoms with Crippen LogP contribution >= 0.6 is 11.6 Å². The van der Waals surface area contributed by atoms with E-state index in [4.69, 9.17) is 21.1 Å². The zero-order valence-corrected chi connectivity index (χ0v) is 13.1. The number of benzene rings is 1. The highest BCUT2D eigenvalue weighted by molar-refractivity contribution is 6.30. The molecule has 0 aliphatic rings. The van der Waals surface area contributed by atoms with E-state index in [1.807, 2.05) is 37.4 Å². The predicted molar refractivity (Wildman–Crippen MR) is 84.0 cm³/mol. The number of pyridine rings is 1. The molecule has 1 aromatic carbocycles.